The van der Waals surface area contributed by atoms with Crippen molar-refractivity contribution in [2.45, 2.75) is 206 Å². The first-order chi connectivity index (χ1) is 38.5. The van der Waals surface area contributed by atoms with Crippen molar-refractivity contribution in [2.24, 2.45) is 29.6 Å². The predicted molar refractivity (Wildman–Crippen MR) is 313 cm³/mol. The van der Waals surface area contributed by atoms with E-state index in [-0.39, 0.29) is 38.1 Å². The Labute approximate surface area is 487 Å². The SMILES string of the molecule is CC[C@H](C)[C@@H]1NC(=O)[C@@H]2CCCN2C(=O)[C@H](Cc2ccccc2)N(C)C(=O)[C@H](Cc2ccccc2)NC(=O)[C@H](C(C)C)N(C)C(=O)[C@@](C)(C2CCCCC2)OC(=O)[C@H](C(C)(C)O)N(C)C(=O)[C@H](CC(C)C)NC(=O)[C@H](C(C)C)N(C)C1=O. The van der Waals surface area contributed by atoms with Crippen LogP contribution >= 0.6 is 0 Å². The molecular weight excluding hydrogens is 1040 g/mol. The van der Waals surface area contributed by atoms with Crippen LogP contribution in [0.3, 0.4) is 0 Å². The van der Waals surface area contributed by atoms with Crippen LogP contribution in [-0.2, 0) is 60.7 Å². The van der Waals surface area contributed by atoms with Crippen molar-refractivity contribution in [3.8, 4) is 0 Å². The summed E-state index contributed by atoms with van der Waals surface area (Å²) in [5.74, 6) is -8.42. The molecule has 5 rings (SSSR count). The molecule has 19 nitrogen and oxygen atoms in total. The number of nitrogens with one attached hydrogen (secondary N) is 3. The Morgan fingerprint density at radius 2 is 1.12 bits per heavy atom. The first kappa shape index (κ1) is 66.4. The number of nitrogens with zero attached hydrogens (tertiary/aromatic N) is 5. The number of hydrogen-bond donors (Lipinski definition) is 4. The second-order valence-corrected chi connectivity index (χ2v) is 25.3. The third-order valence-electron chi connectivity index (χ3n) is 17.3. The Bertz CT molecular complexity index is 2550. The molecular formula is C63H96N8O11. The molecule has 2 aliphatic heterocycles. The normalized spacial score (nSPS) is 27.8. The van der Waals surface area contributed by atoms with Crippen molar-refractivity contribution in [2.75, 3.05) is 34.7 Å². The molecule has 1 saturated carbocycles. The number of esters is 1. The van der Waals surface area contributed by atoms with Crippen molar-refractivity contribution in [1.29, 1.82) is 0 Å². The molecule has 0 bridgehead atoms. The number of rotatable bonds is 12. The lowest BCUT2D eigenvalue weighted by Gasteiger charge is -2.44. The highest BCUT2D eigenvalue weighted by molar-refractivity contribution is 5.99. The van der Waals surface area contributed by atoms with Crippen molar-refractivity contribution < 1.29 is 53.0 Å². The number of aliphatic hydroxyl groups is 1. The molecule has 8 amide bonds. The van der Waals surface area contributed by atoms with Crippen LogP contribution in [0.2, 0.25) is 0 Å². The van der Waals surface area contributed by atoms with E-state index in [0.29, 0.717) is 31.2 Å². The number of ether oxygens (including phenoxy) is 1. The summed E-state index contributed by atoms with van der Waals surface area (Å²) in [4.78, 5) is 142. The van der Waals surface area contributed by atoms with Crippen LogP contribution in [0.1, 0.15) is 145 Å². The van der Waals surface area contributed by atoms with Gasteiger partial charge in [0, 0.05) is 53.5 Å². The first-order valence-electron chi connectivity index (χ1n) is 29.8. The summed E-state index contributed by atoms with van der Waals surface area (Å²) in [6, 6.07) is 8.19. The Balaban J connectivity index is 1.72. The van der Waals surface area contributed by atoms with Gasteiger partial charge in [0.25, 0.3) is 5.91 Å². The fraction of sp³-hybridized carbons (Fsp3) is 0.667. The standard InChI is InChI=1S/C63H96N8O11/c1-16-41(8)49-59(78)68(13)50(39(4)5)54(73)64-45(35-38(2)3)57(76)70(15)52(62(9,10)81)60(79)82-63(11,44-31-24-19-25-32-44)61(80)69(14)51(40(6)7)55(74)65-46(36-42-27-20-17-21-28-42)56(75)67(12)48(37-43-29-22-18-23-30-43)58(77)71-34-26-33-47(71)53(72)66-49/h17-18,20-23,27-30,38-41,44-52,81H,16,19,24-26,31-37H2,1-15H3,(H,64,73)(H,65,74)(H,66,72)/t41-,45-,46-,47-,48-,49-,50-,51-,52+,63+/m0/s1. The van der Waals surface area contributed by atoms with Crippen LogP contribution in [0.25, 0.3) is 0 Å². The summed E-state index contributed by atoms with van der Waals surface area (Å²) in [6.45, 7) is 18.8. The van der Waals surface area contributed by atoms with Gasteiger partial charge in [-0.25, -0.2) is 4.79 Å². The molecule has 10 atom stereocenters. The zero-order valence-electron chi connectivity index (χ0n) is 51.5. The van der Waals surface area contributed by atoms with E-state index in [1.54, 1.807) is 27.7 Å². The highest BCUT2D eigenvalue weighted by atomic mass is 16.6. The van der Waals surface area contributed by atoms with Gasteiger partial charge >= 0.3 is 5.97 Å². The minimum atomic E-state index is -1.98. The summed E-state index contributed by atoms with van der Waals surface area (Å²) in [6.07, 6.45) is 4.61. The van der Waals surface area contributed by atoms with E-state index in [1.165, 1.54) is 68.6 Å². The van der Waals surface area contributed by atoms with E-state index in [2.05, 4.69) is 16.0 Å². The lowest BCUT2D eigenvalue weighted by molar-refractivity contribution is -0.192. The molecule has 454 valence electrons. The lowest BCUT2D eigenvalue weighted by atomic mass is 9.76. The second-order valence-electron chi connectivity index (χ2n) is 25.3. The molecule has 2 heterocycles. The van der Waals surface area contributed by atoms with Crippen LogP contribution in [0.15, 0.2) is 60.7 Å². The largest absolute Gasteiger partial charge is 0.447 e. The molecule has 0 aromatic heterocycles. The molecule has 3 aliphatic rings. The van der Waals surface area contributed by atoms with Gasteiger partial charge in [0.05, 0.1) is 5.60 Å². The second kappa shape index (κ2) is 28.7. The molecule has 0 radical (unpaired) electrons. The number of hydrogen-bond acceptors (Lipinski definition) is 11. The number of likely N-dealkylation sites (N-methyl/N-ethyl adjacent to an activating group) is 4. The van der Waals surface area contributed by atoms with Crippen molar-refractivity contribution in [3.05, 3.63) is 71.8 Å². The fourth-order valence-electron chi connectivity index (χ4n) is 12.5. The summed E-state index contributed by atoms with van der Waals surface area (Å²) in [5, 5.41) is 20.8. The quantitative estimate of drug-likeness (QED) is 0.199. The number of fused-ring (bicyclic) bond motifs is 1. The lowest BCUT2D eigenvalue weighted by Crippen LogP contribution is -2.64. The zero-order chi connectivity index (χ0) is 61.1. The predicted octanol–water partition coefficient (Wildman–Crippen LogP) is 5.30. The highest BCUT2D eigenvalue weighted by Crippen LogP contribution is 2.38. The van der Waals surface area contributed by atoms with Crippen molar-refractivity contribution in [3.63, 3.8) is 0 Å². The zero-order valence-corrected chi connectivity index (χ0v) is 51.5. The van der Waals surface area contributed by atoms with Crippen LogP contribution in [0.5, 0.6) is 0 Å². The smallest absolute Gasteiger partial charge is 0.332 e. The van der Waals surface area contributed by atoms with Crippen molar-refractivity contribution >= 4 is 53.2 Å². The minimum absolute atomic E-state index is 0.00250. The molecule has 1 aliphatic carbocycles. The molecule has 3 fully saturated rings. The summed E-state index contributed by atoms with van der Waals surface area (Å²) < 4.78 is 6.47. The van der Waals surface area contributed by atoms with E-state index < -0.39 is 136 Å². The Hall–Kier alpha value is -6.37. The number of carbonyl (C=O) groups excluding carboxylic acids is 9. The number of amides is 8. The van der Waals surface area contributed by atoms with Gasteiger partial charge < -0.3 is 50.3 Å². The van der Waals surface area contributed by atoms with Gasteiger partial charge in [-0.15, -0.1) is 0 Å². The molecule has 0 spiro atoms. The van der Waals surface area contributed by atoms with Gasteiger partial charge in [0.15, 0.2) is 11.6 Å². The van der Waals surface area contributed by atoms with Gasteiger partial charge in [0.2, 0.25) is 41.4 Å². The van der Waals surface area contributed by atoms with E-state index in [9.17, 15) is 24.3 Å². The molecule has 4 N–H and O–H groups in total. The van der Waals surface area contributed by atoms with Gasteiger partial charge in [-0.3, -0.25) is 38.4 Å². The number of cyclic esters (lactones) is 1. The average Bonchev–Trinajstić information content (AvgIpc) is 3.46. The van der Waals surface area contributed by atoms with Crippen LogP contribution < -0.4 is 16.0 Å². The third-order valence-corrected chi connectivity index (χ3v) is 17.3. The summed E-state index contributed by atoms with van der Waals surface area (Å²) in [5.41, 5.74) is -2.48. The maximum atomic E-state index is 15.5. The first-order valence-corrected chi connectivity index (χ1v) is 29.8. The minimum Gasteiger partial charge on any atom is -0.447 e. The van der Waals surface area contributed by atoms with E-state index >= 15 is 24.0 Å². The van der Waals surface area contributed by atoms with Gasteiger partial charge in [-0.1, -0.05) is 142 Å². The molecule has 82 heavy (non-hydrogen) atoms. The summed E-state index contributed by atoms with van der Waals surface area (Å²) >= 11 is 0. The van der Waals surface area contributed by atoms with E-state index in [1.807, 2.05) is 88.4 Å². The average molecular weight is 1140 g/mol. The van der Waals surface area contributed by atoms with E-state index in [0.717, 1.165) is 29.7 Å². The highest BCUT2D eigenvalue weighted by Gasteiger charge is 2.53. The van der Waals surface area contributed by atoms with Gasteiger partial charge in [0.1, 0.15) is 42.3 Å². The van der Waals surface area contributed by atoms with Crippen LogP contribution in [0.4, 0.5) is 0 Å². The topological polar surface area (TPSA) is 235 Å². The summed E-state index contributed by atoms with van der Waals surface area (Å²) in [7, 11) is 5.77. The Morgan fingerprint density at radius 1 is 0.610 bits per heavy atom. The van der Waals surface area contributed by atoms with Crippen molar-refractivity contribution in [1.82, 2.24) is 40.4 Å². The maximum absolute atomic E-state index is 15.5. The third kappa shape index (κ3) is 15.8. The molecule has 19 heteroatoms. The Kier molecular flexibility index (Phi) is 23.3. The number of benzene rings is 2. The van der Waals surface area contributed by atoms with E-state index in [4.69, 9.17) is 4.74 Å². The van der Waals surface area contributed by atoms with Crippen LogP contribution in [-0.4, -0.2) is 177 Å². The van der Waals surface area contributed by atoms with Gasteiger partial charge in [-0.2, -0.15) is 0 Å². The van der Waals surface area contributed by atoms with Gasteiger partial charge in [-0.05, 0) is 87.7 Å². The molecule has 2 saturated heterocycles. The number of carbonyl (C=O) groups is 9. The Morgan fingerprint density at radius 3 is 1.63 bits per heavy atom. The molecule has 2 aromatic rings. The monoisotopic (exact) mass is 1140 g/mol. The maximum Gasteiger partial charge on any atom is 0.332 e. The molecule has 0 unspecified atom stereocenters. The molecule has 2 aromatic carbocycles. The van der Waals surface area contributed by atoms with Crippen LogP contribution in [0, 0.1) is 29.6 Å². The fourth-order valence-corrected chi connectivity index (χ4v) is 12.5.